The standard InChI is InChI=1S/C27H19F4N5O2/c28-22-9-7-19(14-24(22)36-26(38)34-17-4-1-3-15(11-17)27(29,30)31)33-18-6-8-20-21(12-16-5-2-10-32-16)25(37)35-23(20)13-18/h1-14,32-33H,(H,35,37)(H2,34,36,38). The first-order valence-electron chi connectivity index (χ1n) is 11.3. The highest BCUT2D eigenvalue weighted by atomic mass is 19.4. The first-order valence-corrected chi connectivity index (χ1v) is 11.3. The van der Waals surface area contributed by atoms with Gasteiger partial charge in [0.2, 0.25) is 0 Å². The molecule has 0 bridgehead atoms. The van der Waals surface area contributed by atoms with E-state index in [0.717, 1.165) is 35.5 Å². The minimum Gasteiger partial charge on any atom is -0.362 e. The number of nitrogens with one attached hydrogen (secondary N) is 5. The second kappa shape index (κ2) is 9.77. The van der Waals surface area contributed by atoms with Crippen molar-refractivity contribution in [2.45, 2.75) is 6.18 Å². The maximum Gasteiger partial charge on any atom is 0.416 e. The molecule has 1 aliphatic rings. The number of carbonyl (C=O) groups excluding carboxylic acids is 2. The number of hydrogen-bond donors (Lipinski definition) is 5. The number of aromatic nitrogens is 1. The lowest BCUT2D eigenvalue weighted by molar-refractivity contribution is -0.137. The molecule has 5 rings (SSSR count). The van der Waals surface area contributed by atoms with Crippen molar-refractivity contribution in [3.05, 3.63) is 102 Å². The van der Waals surface area contributed by atoms with E-state index in [9.17, 15) is 27.2 Å². The molecule has 0 saturated heterocycles. The van der Waals surface area contributed by atoms with Crippen LogP contribution in [0.3, 0.4) is 0 Å². The minimum absolute atomic E-state index is 0.100. The second-order valence-electron chi connectivity index (χ2n) is 8.38. The number of amides is 3. The number of rotatable bonds is 5. The molecular weight excluding hydrogens is 502 g/mol. The summed E-state index contributed by atoms with van der Waals surface area (Å²) < 4.78 is 53.1. The van der Waals surface area contributed by atoms with Crippen molar-refractivity contribution in [3.63, 3.8) is 0 Å². The minimum atomic E-state index is -4.57. The molecule has 7 nitrogen and oxygen atoms in total. The van der Waals surface area contributed by atoms with E-state index in [1.807, 2.05) is 12.1 Å². The van der Waals surface area contributed by atoms with Crippen molar-refractivity contribution in [2.75, 3.05) is 21.3 Å². The maximum absolute atomic E-state index is 14.4. The summed E-state index contributed by atoms with van der Waals surface area (Å²) in [5.41, 5.74) is 2.42. The van der Waals surface area contributed by atoms with E-state index >= 15 is 0 Å². The molecule has 0 saturated carbocycles. The lowest BCUT2D eigenvalue weighted by atomic mass is 10.1. The third-order valence-corrected chi connectivity index (χ3v) is 5.68. The van der Waals surface area contributed by atoms with Gasteiger partial charge in [-0.3, -0.25) is 4.79 Å². The highest BCUT2D eigenvalue weighted by Gasteiger charge is 2.30. The fourth-order valence-electron chi connectivity index (χ4n) is 3.93. The van der Waals surface area contributed by atoms with Crippen molar-refractivity contribution in [3.8, 4) is 0 Å². The van der Waals surface area contributed by atoms with Crippen LogP contribution >= 0.6 is 0 Å². The molecule has 11 heteroatoms. The van der Waals surface area contributed by atoms with E-state index in [2.05, 4.69) is 26.3 Å². The van der Waals surface area contributed by atoms with Gasteiger partial charge in [0.05, 0.1) is 22.5 Å². The Morgan fingerprint density at radius 1 is 0.868 bits per heavy atom. The third-order valence-electron chi connectivity index (χ3n) is 5.68. The molecule has 0 spiro atoms. The quantitative estimate of drug-likeness (QED) is 0.144. The van der Waals surface area contributed by atoms with Crippen LogP contribution in [0.15, 0.2) is 79.0 Å². The predicted octanol–water partition coefficient (Wildman–Crippen LogP) is 7.05. The molecule has 0 atom stereocenters. The Kier molecular flexibility index (Phi) is 6.33. The Bertz CT molecular complexity index is 1560. The first kappa shape index (κ1) is 24.6. The Morgan fingerprint density at radius 3 is 2.42 bits per heavy atom. The molecular formula is C27H19F4N5O2. The monoisotopic (exact) mass is 521 g/mol. The summed E-state index contributed by atoms with van der Waals surface area (Å²) in [5.74, 6) is -0.984. The molecule has 192 valence electrons. The van der Waals surface area contributed by atoms with Crippen LogP contribution in [0.2, 0.25) is 0 Å². The summed E-state index contributed by atoms with van der Waals surface area (Å²) in [7, 11) is 0. The summed E-state index contributed by atoms with van der Waals surface area (Å²) >= 11 is 0. The number of urea groups is 1. The van der Waals surface area contributed by atoms with Crippen LogP contribution in [0.5, 0.6) is 0 Å². The lowest BCUT2D eigenvalue weighted by Gasteiger charge is -2.13. The van der Waals surface area contributed by atoms with Crippen molar-refractivity contribution in [1.82, 2.24) is 4.98 Å². The molecule has 2 heterocycles. The van der Waals surface area contributed by atoms with Gasteiger partial charge < -0.3 is 26.3 Å². The van der Waals surface area contributed by atoms with Gasteiger partial charge in [-0.25, -0.2) is 9.18 Å². The third kappa shape index (κ3) is 5.36. The molecule has 5 N–H and O–H groups in total. The van der Waals surface area contributed by atoms with Crippen molar-refractivity contribution < 1.29 is 27.2 Å². The van der Waals surface area contributed by atoms with Gasteiger partial charge in [-0.15, -0.1) is 0 Å². The predicted molar refractivity (Wildman–Crippen MR) is 138 cm³/mol. The SMILES string of the molecule is O=C(Nc1cccc(C(F)(F)F)c1)Nc1cc(Nc2ccc3c(c2)NC(=O)C3=Cc2ccc[nH]2)ccc1F. The topological polar surface area (TPSA) is 98.0 Å². The molecule has 1 aromatic heterocycles. The number of benzene rings is 3. The van der Waals surface area contributed by atoms with E-state index in [1.54, 1.807) is 30.5 Å². The first-order chi connectivity index (χ1) is 18.2. The highest BCUT2D eigenvalue weighted by molar-refractivity contribution is 6.35. The molecule has 4 aromatic rings. The number of carbonyl (C=O) groups is 2. The van der Waals surface area contributed by atoms with Crippen LogP contribution in [-0.2, 0) is 11.0 Å². The zero-order valence-corrected chi connectivity index (χ0v) is 19.4. The zero-order valence-electron chi connectivity index (χ0n) is 19.4. The average molecular weight is 521 g/mol. The lowest BCUT2D eigenvalue weighted by Crippen LogP contribution is -2.20. The van der Waals surface area contributed by atoms with Gasteiger partial charge in [-0.05, 0) is 66.7 Å². The molecule has 3 amide bonds. The fourth-order valence-corrected chi connectivity index (χ4v) is 3.93. The second-order valence-corrected chi connectivity index (χ2v) is 8.38. The number of hydrogen-bond acceptors (Lipinski definition) is 3. The van der Waals surface area contributed by atoms with Crippen LogP contribution in [0.4, 0.5) is 50.8 Å². The van der Waals surface area contributed by atoms with Crippen LogP contribution in [-0.4, -0.2) is 16.9 Å². The summed E-state index contributed by atoms with van der Waals surface area (Å²) in [6.45, 7) is 0. The smallest absolute Gasteiger partial charge is 0.362 e. The van der Waals surface area contributed by atoms with Gasteiger partial charge in [-0.1, -0.05) is 12.1 Å². The van der Waals surface area contributed by atoms with Gasteiger partial charge in [0.15, 0.2) is 0 Å². The zero-order chi connectivity index (χ0) is 26.9. The Hall–Kier alpha value is -5.06. The van der Waals surface area contributed by atoms with Crippen molar-refractivity contribution in [2.24, 2.45) is 0 Å². The number of alkyl halides is 3. The number of aromatic amines is 1. The molecule has 0 aliphatic carbocycles. The number of anilines is 5. The Morgan fingerprint density at radius 2 is 1.66 bits per heavy atom. The van der Waals surface area contributed by atoms with Gasteiger partial charge in [0, 0.05) is 34.5 Å². The van der Waals surface area contributed by atoms with Gasteiger partial charge in [-0.2, -0.15) is 13.2 Å². The van der Waals surface area contributed by atoms with Crippen LogP contribution in [0.1, 0.15) is 16.8 Å². The molecule has 3 aromatic carbocycles. The molecule has 1 aliphatic heterocycles. The van der Waals surface area contributed by atoms with Crippen LogP contribution in [0.25, 0.3) is 11.6 Å². The molecule has 0 radical (unpaired) electrons. The number of H-pyrrole nitrogens is 1. The Balaban J connectivity index is 1.29. The van der Waals surface area contributed by atoms with Gasteiger partial charge >= 0.3 is 12.2 Å². The average Bonchev–Trinajstić information content (AvgIpc) is 3.48. The number of fused-ring (bicyclic) bond motifs is 1. The fraction of sp³-hybridized carbons (Fsp3) is 0.0370. The largest absolute Gasteiger partial charge is 0.416 e. The van der Waals surface area contributed by atoms with Gasteiger partial charge in [0.25, 0.3) is 5.91 Å². The van der Waals surface area contributed by atoms with Crippen LogP contribution in [0, 0.1) is 5.82 Å². The number of halogens is 4. The van der Waals surface area contributed by atoms with E-state index in [4.69, 9.17) is 0 Å². The van der Waals surface area contributed by atoms with E-state index in [0.29, 0.717) is 22.6 Å². The van der Waals surface area contributed by atoms with Crippen LogP contribution < -0.4 is 21.3 Å². The summed E-state index contributed by atoms with van der Waals surface area (Å²) in [6.07, 6.45) is -1.06. The van der Waals surface area contributed by atoms with E-state index in [-0.39, 0.29) is 17.3 Å². The van der Waals surface area contributed by atoms with Crippen molar-refractivity contribution >= 4 is 52.0 Å². The molecule has 38 heavy (non-hydrogen) atoms. The normalized spacial score (nSPS) is 13.7. The van der Waals surface area contributed by atoms with E-state index in [1.165, 1.54) is 18.2 Å². The van der Waals surface area contributed by atoms with Gasteiger partial charge in [0.1, 0.15) is 5.82 Å². The highest BCUT2D eigenvalue weighted by Crippen LogP contribution is 2.36. The van der Waals surface area contributed by atoms with Crippen molar-refractivity contribution in [1.29, 1.82) is 0 Å². The maximum atomic E-state index is 14.4. The van der Waals surface area contributed by atoms with E-state index < -0.39 is 23.6 Å². The summed E-state index contributed by atoms with van der Waals surface area (Å²) in [5, 5.41) is 10.5. The molecule has 0 unspecified atom stereocenters. The summed E-state index contributed by atoms with van der Waals surface area (Å²) in [6, 6.07) is 16.0. The Labute approximate surface area is 213 Å². The molecule has 0 fully saturated rings. The summed E-state index contributed by atoms with van der Waals surface area (Å²) in [4.78, 5) is 27.8.